The van der Waals surface area contributed by atoms with Gasteiger partial charge < -0.3 is 9.47 Å². The quantitative estimate of drug-likeness (QED) is 0.406. The fourth-order valence-corrected chi connectivity index (χ4v) is 1.14. The summed E-state index contributed by atoms with van der Waals surface area (Å²) in [5.74, 6) is -0.980. The number of ether oxygens (including phenoxy) is 2. The minimum atomic E-state index is -0.969. The van der Waals surface area contributed by atoms with Crippen LogP contribution in [-0.4, -0.2) is 24.6 Å². The summed E-state index contributed by atoms with van der Waals surface area (Å²) in [4.78, 5) is 23.2. The molecule has 0 saturated carbocycles. The Balaban J connectivity index is 4.86. The van der Waals surface area contributed by atoms with Gasteiger partial charge in [-0.25, -0.2) is 4.79 Å². The van der Waals surface area contributed by atoms with Crippen molar-refractivity contribution in [3.8, 4) is 0 Å². The third kappa shape index (κ3) is 4.06. The summed E-state index contributed by atoms with van der Waals surface area (Å²) in [6.45, 7) is 13.9. The zero-order valence-electron chi connectivity index (χ0n) is 10.9. The average molecular weight is 240 g/mol. The molecule has 0 aliphatic heterocycles. The van der Waals surface area contributed by atoms with Crippen LogP contribution in [0.25, 0.3) is 0 Å². The molecule has 0 aliphatic carbocycles. The van der Waals surface area contributed by atoms with Gasteiger partial charge in [0.15, 0.2) is 0 Å². The summed E-state index contributed by atoms with van der Waals surface area (Å²) in [7, 11) is 0. The minimum absolute atomic E-state index is 0.275. The molecular weight excluding hydrogens is 220 g/mol. The van der Waals surface area contributed by atoms with Gasteiger partial charge in [0.25, 0.3) is 0 Å². The van der Waals surface area contributed by atoms with Crippen molar-refractivity contribution in [2.45, 2.75) is 33.8 Å². The highest BCUT2D eigenvalue weighted by Crippen LogP contribution is 2.26. The summed E-state index contributed by atoms with van der Waals surface area (Å²) in [6.07, 6.45) is 0.670. The smallest absolute Gasteiger partial charge is 0.333 e. The number of rotatable bonds is 6. The summed E-state index contributed by atoms with van der Waals surface area (Å²) < 4.78 is 10.1. The lowest BCUT2D eigenvalue weighted by Gasteiger charge is -2.29. The molecule has 0 aromatic carbocycles. The predicted molar refractivity (Wildman–Crippen MR) is 65.3 cm³/mol. The molecule has 0 heterocycles. The van der Waals surface area contributed by atoms with Crippen molar-refractivity contribution < 1.29 is 19.1 Å². The van der Waals surface area contributed by atoms with Crippen molar-refractivity contribution >= 4 is 11.9 Å². The van der Waals surface area contributed by atoms with Gasteiger partial charge in [0.05, 0.1) is 6.61 Å². The van der Waals surface area contributed by atoms with Crippen molar-refractivity contribution in [2.24, 2.45) is 5.41 Å². The summed E-state index contributed by atoms with van der Waals surface area (Å²) in [5, 5.41) is 0. The molecule has 0 fully saturated rings. The molecule has 1 atom stereocenters. The van der Waals surface area contributed by atoms with E-state index in [-0.39, 0.29) is 12.2 Å². The number of hydrogen-bond donors (Lipinski definition) is 0. The first kappa shape index (κ1) is 15.4. The molecule has 0 amide bonds. The van der Waals surface area contributed by atoms with Gasteiger partial charge in [0.1, 0.15) is 11.5 Å². The molecule has 4 nitrogen and oxygen atoms in total. The molecule has 0 bridgehead atoms. The summed E-state index contributed by atoms with van der Waals surface area (Å²) >= 11 is 0. The molecule has 0 aromatic rings. The second kappa shape index (κ2) is 6.23. The van der Waals surface area contributed by atoms with E-state index in [0.29, 0.717) is 0 Å². The Labute approximate surface area is 102 Å². The van der Waals surface area contributed by atoms with E-state index in [1.54, 1.807) is 27.7 Å². The van der Waals surface area contributed by atoms with Crippen molar-refractivity contribution in [1.82, 2.24) is 0 Å². The maximum Gasteiger partial charge on any atom is 0.333 e. The molecule has 96 valence electrons. The third-order valence-electron chi connectivity index (χ3n) is 2.31. The fourth-order valence-electron chi connectivity index (χ4n) is 1.14. The minimum Gasteiger partial charge on any atom is -0.465 e. The van der Waals surface area contributed by atoms with Crippen molar-refractivity contribution in [1.29, 1.82) is 0 Å². The van der Waals surface area contributed by atoms with Crippen molar-refractivity contribution in [3.63, 3.8) is 0 Å². The number of carbonyl (C=O) groups excluding carboxylic acids is 2. The Morgan fingerprint density at radius 3 is 2.29 bits per heavy atom. The Morgan fingerprint density at radius 1 is 1.41 bits per heavy atom. The Hall–Kier alpha value is -1.58. The molecule has 0 N–H and O–H groups in total. The first-order valence-corrected chi connectivity index (χ1v) is 5.43. The van der Waals surface area contributed by atoms with Crippen LogP contribution in [0, 0.1) is 5.41 Å². The van der Waals surface area contributed by atoms with E-state index in [9.17, 15) is 9.59 Å². The maximum atomic E-state index is 11.7. The van der Waals surface area contributed by atoms with Crippen molar-refractivity contribution in [2.75, 3.05) is 6.61 Å². The monoisotopic (exact) mass is 240 g/mol. The van der Waals surface area contributed by atoms with E-state index in [4.69, 9.17) is 9.47 Å². The molecule has 0 aromatic heterocycles. The Kier molecular flexibility index (Phi) is 5.65. The lowest BCUT2D eigenvalue weighted by molar-refractivity contribution is -0.164. The highest BCUT2D eigenvalue weighted by Gasteiger charge is 2.39. The molecule has 4 heteroatoms. The molecule has 0 saturated heterocycles. The van der Waals surface area contributed by atoms with Crippen LogP contribution in [0.5, 0.6) is 0 Å². The van der Waals surface area contributed by atoms with Gasteiger partial charge in [0, 0.05) is 5.57 Å². The van der Waals surface area contributed by atoms with Crippen LogP contribution < -0.4 is 0 Å². The maximum absolute atomic E-state index is 11.7. The van der Waals surface area contributed by atoms with E-state index >= 15 is 0 Å². The normalized spacial score (nSPS) is 12.5. The van der Waals surface area contributed by atoms with Gasteiger partial charge in [0.2, 0.25) is 0 Å². The van der Waals surface area contributed by atoms with Gasteiger partial charge in [-0.3, -0.25) is 4.79 Å². The highest BCUT2D eigenvalue weighted by molar-refractivity contribution is 5.87. The first-order valence-electron chi connectivity index (χ1n) is 5.43. The lowest BCUT2D eigenvalue weighted by Crippen LogP contribution is -2.40. The zero-order chi connectivity index (χ0) is 13.6. The number of esters is 2. The molecule has 1 unspecified atom stereocenters. The molecule has 0 radical (unpaired) electrons. The third-order valence-corrected chi connectivity index (χ3v) is 2.31. The van der Waals surface area contributed by atoms with E-state index in [2.05, 4.69) is 13.2 Å². The topological polar surface area (TPSA) is 52.6 Å². The second-order valence-electron chi connectivity index (χ2n) is 4.28. The number of hydrogen-bond acceptors (Lipinski definition) is 4. The van der Waals surface area contributed by atoms with Gasteiger partial charge in [-0.15, -0.1) is 0 Å². The predicted octanol–water partition coefficient (Wildman–Crippen LogP) is 2.25. The van der Waals surface area contributed by atoms with Crippen LogP contribution in [0.3, 0.4) is 0 Å². The van der Waals surface area contributed by atoms with Gasteiger partial charge in [-0.05, 0) is 27.7 Å². The molecule has 17 heavy (non-hydrogen) atoms. The van der Waals surface area contributed by atoms with E-state index < -0.39 is 23.5 Å². The van der Waals surface area contributed by atoms with Gasteiger partial charge in [-0.1, -0.05) is 19.2 Å². The van der Waals surface area contributed by atoms with Crippen LogP contribution in [0.4, 0.5) is 0 Å². The van der Waals surface area contributed by atoms with Crippen LogP contribution >= 0.6 is 0 Å². The molecule has 0 rings (SSSR count). The van der Waals surface area contributed by atoms with E-state index in [1.165, 1.54) is 6.08 Å². The van der Waals surface area contributed by atoms with Crippen molar-refractivity contribution in [3.05, 3.63) is 24.8 Å². The van der Waals surface area contributed by atoms with Crippen LogP contribution in [-0.2, 0) is 19.1 Å². The zero-order valence-corrected chi connectivity index (χ0v) is 10.9. The van der Waals surface area contributed by atoms with Crippen LogP contribution in [0.15, 0.2) is 24.8 Å². The standard InChI is InChI=1S/C13H20O4/c1-7-10(17-11(14)9(3)4)13(5,6)12(15)16-8-2/h7,10H,1,3,8H2,2,4-6H3. The SMILES string of the molecule is C=CC(OC(=O)C(=C)C)C(C)(C)C(=O)OCC. The average Bonchev–Trinajstić information content (AvgIpc) is 2.25. The van der Waals surface area contributed by atoms with Gasteiger partial charge in [-0.2, -0.15) is 0 Å². The number of carbonyl (C=O) groups is 2. The first-order chi connectivity index (χ1) is 7.77. The van der Waals surface area contributed by atoms with Crippen LogP contribution in [0.2, 0.25) is 0 Å². The second-order valence-corrected chi connectivity index (χ2v) is 4.28. The fraction of sp³-hybridized carbons (Fsp3) is 0.538. The highest BCUT2D eigenvalue weighted by atomic mass is 16.6. The molecular formula is C13H20O4. The van der Waals surface area contributed by atoms with E-state index in [1.807, 2.05) is 0 Å². The van der Waals surface area contributed by atoms with Crippen LogP contribution in [0.1, 0.15) is 27.7 Å². The largest absolute Gasteiger partial charge is 0.465 e. The van der Waals surface area contributed by atoms with E-state index in [0.717, 1.165) is 0 Å². The Morgan fingerprint density at radius 2 is 1.94 bits per heavy atom. The molecule has 0 aliphatic rings. The Bertz CT molecular complexity index is 328. The summed E-state index contributed by atoms with van der Waals surface area (Å²) in [5.41, 5.74) is -0.695. The summed E-state index contributed by atoms with van der Waals surface area (Å²) in [6, 6.07) is 0. The van der Waals surface area contributed by atoms with Gasteiger partial charge >= 0.3 is 11.9 Å². The molecule has 0 spiro atoms. The lowest BCUT2D eigenvalue weighted by atomic mass is 9.86.